The average Bonchev–Trinajstić information content (AvgIpc) is 3.05. The molecular formula is C17H23N3O2. The predicted octanol–water partition coefficient (Wildman–Crippen LogP) is 2.72. The minimum absolute atomic E-state index is 0.112. The monoisotopic (exact) mass is 301 g/mol. The van der Waals surface area contributed by atoms with Crippen LogP contribution in [0.15, 0.2) is 34.9 Å². The van der Waals surface area contributed by atoms with Gasteiger partial charge in [0, 0.05) is 12.2 Å². The fourth-order valence-corrected chi connectivity index (χ4v) is 3.02. The zero-order valence-corrected chi connectivity index (χ0v) is 13.0. The number of aromatic nitrogens is 2. The minimum atomic E-state index is 0.112. The molecule has 22 heavy (non-hydrogen) atoms. The molecule has 1 aromatic heterocycles. The summed E-state index contributed by atoms with van der Waals surface area (Å²) < 4.78 is 5.37. The Kier molecular flexibility index (Phi) is 4.55. The molecule has 118 valence electrons. The maximum atomic E-state index is 9.59. The molecule has 0 unspecified atom stereocenters. The Labute approximate surface area is 131 Å². The van der Waals surface area contributed by atoms with Gasteiger partial charge in [-0.25, -0.2) is 0 Å². The van der Waals surface area contributed by atoms with Crippen molar-refractivity contribution >= 4 is 0 Å². The summed E-state index contributed by atoms with van der Waals surface area (Å²) in [6, 6.07) is 9.86. The average molecular weight is 301 g/mol. The highest BCUT2D eigenvalue weighted by molar-refractivity contribution is 5.53. The van der Waals surface area contributed by atoms with Crippen LogP contribution in [0.2, 0.25) is 0 Å². The Morgan fingerprint density at radius 1 is 1.23 bits per heavy atom. The van der Waals surface area contributed by atoms with E-state index in [1.807, 2.05) is 30.3 Å². The van der Waals surface area contributed by atoms with Crippen molar-refractivity contribution in [3.8, 4) is 11.4 Å². The molecule has 1 saturated heterocycles. The van der Waals surface area contributed by atoms with Crippen LogP contribution in [0.4, 0.5) is 0 Å². The molecule has 3 rings (SSSR count). The van der Waals surface area contributed by atoms with E-state index in [2.05, 4.69) is 22.0 Å². The fraction of sp³-hybridized carbons (Fsp3) is 0.529. The summed E-state index contributed by atoms with van der Waals surface area (Å²) in [5.41, 5.74) is 1.09. The quantitative estimate of drug-likeness (QED) is 0.920. The fourth-order valence-electron chi connectivity index (χ4n) is 3.02. The predicted molar refractivity (Wildman–Crippen MR) is 84.1 cm³/mol. The maximum Gasteiger partial charge on any atom is 0.241 e. The lowest BCUT2D eigenvalue weighted by molar-refractivity contribution is 0.0348. The molecule has 5 nitrogen and oxygen atoms in total. The van der Waals surface area contributed by atoms with Crippen LogP contribution in [0.1, 0.15) is 32.1 Å². The van der Waals surface area contributed by atoms with Crippen LogP contribution in [-0.2, 0) is 6.54 Å². The van der Waals surface area contributed by atoms with Crippen molar-refractivity contribution in [2.75, 3.05) is 19.7 Å². The number of aliphatic hydroxyl groups excluding tert-OH is 1. The van der Waals surface area contributed by atoms with E-state index in [1.165, 1.54) is 0 Å². The molecule has 0 aliphatic carbocycles. The van der Waals surface area contributed by atoms with Gasteiger partial charge in [-0.15, -0.1) is 0 Å². The van der Waals surface area contributed by atoms with Crippen LogP contribution in [0.5, 0.6) is 0 Å². The molecular weight excluding hydrogens is 278 g/mol. The van der Waals surface area contributed by atoms with Gasteiger partial charge in [-0.05, 0) is 37.8 Å². The first-order valence-electron chi connectivity index (χ1n) is 7.96. The molecule has 0 amide bonds. The third-order valence-electron chi connectivity index (χ3n) is 4.86. The van der Waals surface area contributed by atoms with E-state index in [0.717, 1.165) is 37.9 Å². The van der Waals surface area contributed by atoms with Crippen molar-refractivity contribution in [2.24, 2.45) is 5.41 Å². The maximum absolute atomic E-state index is 9.59. The molecule has 1 aromatic carbocycles. The zero-order valence-electron chi connectivity index (χ0n) is 13.0. The molecule has 0 spiro atoms. The first kappa shape index (κ1) is 15.2. The van der Waals surface area contributed by atoms with Crippen LogP contribution in [0.25, 0.3) is 11.4 Å². The number of aliphatic hydroxyl groups is 1. The van der Waals surface area contributed by atoms with Crippen LogP contribution in [0, 0.1) is 5.41 Å². The van der Waals surface area contributed by atoms with E-state index in [9.17, 15) is 5.11 Å². The van der Waals surface area contributed by atoms with Gasteiger partial charge < -0.3 is 9.63 Å². The zero-order chi connectivity index (χ0) is 15.4. The second-order valence-corrected chi connectivity index (χ2v) is 6.17. The first-order chi connectivity index (χ1) is 10.7. The van der Waals surface area contributed by atoms with Gasteiger partial charge in [0.1, 0.15) is 0 Å². The normalized spacial score (nSPS) is 18.5. The lowest BCUT2D eigenvalue weighted by Gasteiger charge is -2.39. The number of hydrogen-bond acceptors (Lipinski definition) is 5. The van der Waals surface area contributed by atoms with Crippen molar-refractivity contribution in [1.82, 2.24) is 15.0 Å². The molecule has 1 fully saturated rings. The molecule has 1 aliphatic heterocycles. The van der Waals surface area contributed by atoms with Crippen LogP contribution >= 0.6 is 0 Å². The second kappa shape index (κ2) is 6.58. The largest absolute Gasteiger partial charge is 0.396 e. The smallest absolute Gasteiger partial charge is 0.241 e. The van der Waals surface area contributed by atoms with Gasteiger partial charge >= 0.3 is 0 Å². The molecule has 2 heterocycles. The lowest BCUT2D eigenvalue weighted by atomic mass is 9.77. The van der Waals surface area contributed by atoms with Crippen molar-refractivity contribution in [2.45, 2.75) is 32.7 Å². The molecule has 0 bridgehead atoms. The summed E-state index contributed by atoms with van der Waals surface area (Å²) in [6.45, 7) is 5.08. The standard InChI is InChI=1S/C17H23N3O2/c1-2-17(13-21)8-10-20(11-9-17)12-15-18-16(19-22-15)14-6-4-3-5-7-14/h3-7,21H,2,8-13H2,1H3. The summed E-state index contributed by atoms with van der Waals surface area (Å²) in [5, 5.41) is 13.6. The summed E-state index contributed by atoms with van der Waals surface area (Å²) in [6.07, 6.45) is 3.09. The SMILES string of the molecule is CCC1(CO)CCN(Cc2nc(-c3ccccc3)no2)CC1. The molecule has 0 saturated carbocycles. The van der Waals surface area contributed by atoms with Gasteiger partial charge in [0.05, 0.1) is 6.54 Å². The van der Waals surface area contributed by atoms with E-state index < -0.39 is 0 Å². The Morgan fingerprint density at radius 3 is 2.59 bits per heavy atom. The van der Waals surface area contributed by atoms with E-state index in [0.29, 0.717) is 18.3 Å². The van der Waals surface area contributed by atoms with E-state index in [4.69, 9.17) is 4.52 Å². The second-order valence-electron chi connectivity index (χ2n) is 6.17. The molecule has 0 atom stereocenters. The van der Waals surface area contributed by atoms with Crippen molar-refractivity contribution in [3.63, 3.8) is 0 Å². The summed E-state index contributed by atoms with van der Waals surface area (Å²) in [5.74, 6) is 1.30. The van der Waals surface area contributed by atoms with Crippen LogP contribution in [-0.4, -0.2) is 39.8 Å². The highest BCUT2D eigenvalue weighted by Crippen LogP contribution is 2.34. The van der Waals surface area contributed by atoms with Gasteiger partial charge in [-0.2, -0.15) is 4.98 Å². The number of likely N-dealkylation sites (tertiary alicyclic amines) is 1. The van der Waals surface area contributed by atoms with Crippen LogP contribution in [0.3, 0.4) is 0 Å². The topological polar surface area (TPSA) is 62.4 Å². The van der Waals surface area contributed by atoms with E-state index in [-0.39, 0.29) is 12.0 Å². The molecule has 2 aromatic rings. The Morgan fingerprint density at radius 2 is 1.95 bits per heavy atom. The highest BCUT2D eigenvalue weighted by Gasteiger charge is 2.32. The van der Waals surface area contributed by atoms with Crippen molar-refractivity contribution in [1.29, 1.82) is 0 Å². The number of rotatable bonds is 5. The third-order valence-corrected chi connectivity index (χ3v) is 4.86. The van der Waals surface area contributed by atoms with Gasteiger partial charge in [0.2, 0.25) is 11.7 Å². The molecule has 1 N–H and O–H groups in total. The third kappa shape index (κ3) is 3.20. The van der Waals surface area contributed by atoms with Crippen LogP contribution < -0.4 is 0 Å². The number of nitrogens with zero attached hydrogens (tertiary/aromatic N) is 3. The molecule has 5 heteroatoms. The van der Waals surface area contributed by atoms with Crippen molar-refractivity contribution in [3.05, 3.63) is 36.2 Å². The minimum Gasteiger partial charge on any atom is -0.396 e. The summed E-state index contributed by atoms with van der Waals surface area (Å²) in [4.78, 5) is 6.81. The lowest BCUT2D eigenvalue weighted by Crippen LogP contribution is -2.41. The van der Waals surface area contributed by atoms with Gasteiger partial charge in [-0.1, -0.05) is 42.4 Å². The van der Waals surface area contributed by atoms with Gasteiger partial charge in [0.25, 0.3) is 0 Å². The number of piperidine rings is 1. The summed E-state index contributed by atoms with van der Waals surface area (Å²) >= 11 is 0. The van der Waals surface area contributed by atoms with E-state index in [1.54, 1.807) is 0 Å². The van der Waals surface area contributed by atoms with Crippen molar-refractivity contribution < 1.29 is 9.63 Å². The molecule has 1 aliphatic rings. The number of benzene rings is 1. The Balaban J connectivity index is 1.60. The van der Waals surface area contributed by atoms with Gasteiger partial charge in [-0.3, -0.25) is 4.90 Å². The first-order valence-corrected chi connectivity index (χ1v) is 7.96. The van der Waals surface area contributed by atoms with E-state index >= 15 is 0 Å². The molecule has 0 radical (unpaired) electrons. The van der Waals surface area contributed by atoms with Gasteiger partial charge in [0.15, 0.2) is 0 Å². The Bertz CT molecular complexity index is 583. The highest BCUT2D eigenvalue weighted by atomic mass is 16.5. The number of hydrogen-bond donors (Lipinski definition) is 1. The Hall–Kier alpha value is -1.72. The summed E-state index contributed by atoms with van der Waals surface area (Å²) in [7, 11) is 0.